The molecule has 6 N–H and O–H groups in total. The fraction of sp³-hybridized carbons (Fsp3) is 0.421. The lowest BCUT2D eigenvalue weighted by Crippen LogP contribution is -2.48. The van der Waals surface area contributed by atoms with Crippen LogP contribution >= 0.6 is 0 Å². The molecule has 0 saturated carbocycles. The van der Waals surface area contributed by atoms with Gasteiger partial charge in [-0.15, -0.1) is 0 Å². The predicted octanol–water partition coefficient (Wildman–Crippen LogP) is 0.352. The first-order chi connectivity index (χ1) is 13.3. The summed E-state index contributed by atoms with van der Waals surface area (Å²) in [4.78, 5) is 36.1. The minimum absolute atomic E-state index is 0.0697. The highest BCUT2D eigenvalue weighted by Gasteiger charge is 2.24. The molecule has 9 heteroatoms. The summed E-state index contributed by atoms with van der Waals surface area (Å²) in [7, 11) is 0. The number of aliphatic hydroxyl groups excluding tert-OH is 1. The molecule has 154 valence electrons. The molecule has 0 aromatic heterocycles. The maximum atomic E-state index is 12.5. The van der Waals surface area contributed by atoms with Gasteiger partial charge in [0.15, 0.2) is 0 Å². The van der Waals surface area contributed by atoms with Crippen LogP contribution in [0.15, 0.2) is 42.2 Å². The van der Waals surface area contributed by atoms with Crippen molar-refractivity contribution in [3.8, 4) is 0 Å². The Morgan fingerprint density at radius 2 is 1.89 bits per heavy atom. The average molecular weight is 392 g/mol. The van der Waals surface area contributed by atoms with Crippen molar-refractivity contribution in [2.45, 2.75) is 32.9 Å². The number of benzene rings is 1. The summed E-state index contributed by atoms with van der Waals surface area (Å²) in [6, 6.07) is 8.22. The molecule has 28 heavy (non-hydrogen) atoms. The third kappa shape index (κ3) is 9.04. The standard InChI is InChI=1S/C19H28N4O5/c1-13(2)10-15(18(26)22-16(17(20)25)11-21-8-9-24)23-19(27)28-12-14-6-4-3-5-7-14/h3-7,11,13,15,21,24H,8-10,12H2,1-2H3,(H2,20,25)(H,22,26)(H,23,27)/b16-11+/t15-/m0/s1. The van der Waals surface area contributed by atoms with Crippen LogP contribution in [0.5, 0.6) is 0 Å². The number of ether oxygens (including phenoxy) is 1. The molecule has 1 atom stereocenters. The van der Waals surface area contributed by atoms with Crippen molar-refractivity contribution in [1.82, 2.24) is 16.0 Å². The Bertz CT molecular complexity index is 676. The van der Waals surface area contributed by atoms with Crippen molar-refractivity contribution in [2.24, 2.45) is 11.7 Å². The van der Waals surface area contributed by atoms with E-state index in [0.29, 0.717) is 6.42 Å². The number of carbonyl (C=O) groups is 3. The Balaban J connectivity index is 2.71. The number of aliphatic hydroxyl groups is 1. The van der Waals surface area contributed by atoms with E-state index >= 15 is 0 Å². The van der Waals surface area contributed by atoms with Crippen LogP contribution in [-0.2, 0) is 20.9 Å². The van der Waals surface area contributed by atoms with Gasteiger partial charge in [-0.25, -0.2) is 4.79 Å². The molecule has 1 aromatic rings. The molecule has 0 unspecified atom stereocenters. The molecule has 0 spiro atoms. The maximum absolute atomic E-state index is 12.5. The second-order valence-corrected chi connectivity index (χ2v) is 6.48. The highest BCUT2D eigenvalue weighted by molar-refractivity contribution is 5.98. The molecule has 0 aliphatic heterocycles. The molecule has 0 aliphatic carbocycles. The van der Waals surface area contributed by atoms with Crippen LogP contribution in [0.2, 0.25) is 0 Å². The van der Waals surface area contributed by atoms with E-state index in [-0.39, 0.29) is 31.4 Å². The van der Waals surface area contributed by atoms with E-state index in [1.54, 1.807) is 0 Å². The number of hydrogen-bond donors (Lipinski definition) is 5. The van der Waals surface area contributed by atoms with Gasteiger partial charge < -0.3 is 31.5 Å². The quantitative estimate of drug-likeness (QED) is 0.272. The highest BCUT2D eigenvalue weighted by Crippen LogP contribution is 2.07. The van der Waals surface area contributed by atoms with Gasteiger partial charge in [-0.1, -0.05) is 44.2 Å². The Labute approximate surface area is 164 Å². The Kier molecular flexibility index (Phi) is 10.1. The normalized spacial score (nSPS) is 12.2. The average Bonchev–Trinajstić information content (AvgIpc) is 2.65. The Morgan fingerprint density at radius 3 is 2.46 bits per heavy atom. The fourth-order valence-electron chi connectivity index (χ4n) is 2.24. The molecular formula is C19H28N4O5. The molecule has 0 aliphatic rings. The SMILES string of the molecule is CC(C)C[C@H](NC(=O)OCc1ccccc1)C(=O)N/C(=C/NCCO)C(N)=O. The third-order valence-electron chi connectivity index (χ3n) is 3.55. The van der Waals surface area contributed by atoms with Crippen LogP contribution in [0.25, 0.3) is 0 Å². The van der Waals surface area contributed by atoms with Crippen LogP contribution in [0, 0.1) is 5.92 Å². The van der Waals surface area contributed by atoms with Gasteiger partial charge in [-0.05, 0) is 17.9 Å². The summed E-state index contributed by atoms with van der Waals surface area (Å²) >= 11 is 0. The lowest BCUT2D eigenvalue weighted by atomic mass is 10.0. The molecule has 0 radical (unpaired) electrons. The smallest absolute Gasteiger partial charge is 0.408 e. The highest BCUT2D eigenvalue weighted by atomic mass is 16.5. The van der Waals surface area contributed by atoms with E-state index in [0.717, 1.165) is 5.56 Å². The Hall–Kier alpha value is -3.07. The number of carbonyl (C=O) groups excluding carboxylic acids is 3. The van der Waals surface area contributed by atoms with Gasteiger partial charge in [0.1, 0.15) is 18.3 Å². The zero-order valence-electron chi connectivity index (χ0n) is 16.1. The van der Waals surface area contributed by atoms with E-state index in [1.807, 2.05) is 44.2 Å². The van der Waals surface area contributed by atoms with Gasteiger partial charge >= 0.3 is 6.09 Å². The van der Waals surface area contributed by atoms with E-state index < -0.39 is 23.9 Å². The van der Waals surface area contributed by atoms with E-state index in [2.05, 4.69) is 16.0 Å². The summed E-state index contributed by atoms with van der Waals surface area (Å²) in [5.41, 5.74) is 5.89. The molecule has 0 heterocycles. The number of alkyl carbamates (subject to hydrolysis) is 1. The topological polar surface area (TPSA) is 143 Å². The first kappa shape index (κ1) is 23.0. The lowest BCUT2D eigenvalue weighted by Gasteiger charge is -2.20. The summed E-state index contributed by atoms with van der Waals surface area (Å²) in [5, 5.41) is 16.3. The zero-order valence-corrected chi connectivity index (χ0v) is 16.1. The van der Waals surface area contributed by atoms with Crippen molar-refractivity contribution in [3.63, 3.8) is 0 Å². The lowest BCUT2D eigenvalue weighted by molar-refractivity contribution is -0.124. The minimum atomic E-state index is -0.913. The number of primary amides is 1. The molecule has 9 nitrogen and oxygen atoms in total. The van der Waals surface area contributed by atoms with Gasteiger partial charge in [0.25, 0.3) is 5.91 Å². The number of hydrogen-bond acceptors (Lipinski definition) is 6. The molecule has 0 bridgehead atoms. The largest absolute Gasteiger partial charge is 0.445 e. The van der Waals surface area contributed by atoms with E-state index in [9.17, 15) is 14.4 Å². The summed E-state index contributed by atoms with van der Waals surface area (Å²) in [5.74, 6) is -1.35. The van der Waals surface area contributed by atoms with Crippen LogP contribution in [0.4, 0.5) is 4.79 Å². The maximum Gasteiger partial charge on any atom is 0.408 e. The van der Waals surface area contributed by atoms with Gasteiger partial charge in [0.2, 0.25) is 5.91 Å². The predicted molar refractivity (Wildman–Crippen MR) is 104 cm³/mol. The second-order valence-electron chi connectivity index (χ2n) is 6.48. The zero-order chi connectivity index (χ0) is 20.9. The van der Waals surface area contributed by atoms with Crippen LogP contribution in [-0.4, -0.2) is 42.2 Å². The van der Waals surface area contributed by atoms with Gasteiger partial charge in [0.05, 0.1) is 6.61 Å². The number of nitrogens with two attached hydrogens (primary N) is 1. The van der Waals surface area contributed by atoms with E-state index in [1.165, 1.54) is 6.20 Å². The van der Waals surface area contributed by atoms with Crippen molar-refractivity contribution in [1.29, 1.82) is 0 Å². The first-order valence-corrected chi connectivity index (χ1v) is 8.95. The Morgan fingerprint density at radius 1 is 1.21 bits per heavy atom. The number of amides is 3. The first-order valence-electron chi connectivity index (χ1n) is 8.95. The van der Waals surface area contributed by atoms with Crippen LogP contribution in [0.3, 0.4) is 0 Å². The molecular weight excluding hydrogens is 364 g/mol. The van der Waals surface area contributed by atoms with Crippen LogP contribution < -0.4 is 21.7 Å². The summed E-state index contributed by atoms with van der Waals surface area (Å²) in [6.07, 6.45) is 0.798. The van der Waals surface area contributed by atoms with Crippen molar-refractivity contribution in [3.05, 3.63) is 47.8 Å². The van der Waals surface area contributed by atoms with Gasteiger partial charge in [-0.3, -0.25) is 9.59 Å². The molecule has 0 saturated heterocycles. The summed E-state index contributed by atoms with van der Waals surface area (Å²) < 4.78 is 5.15. The van der Waals surface area contributed by atoms with Gasteiger partial charge in [0, 0.05) is 12.7 Å². The van der Waals surface area contributed by atoms with Gasteiger partial charge in [-0.2, -0.15) is 0 Å². The fourth-order valence-corrected chi connectivity index (χ4v) is 2.24. The van der Waals surface area contributed by atoms with Crippen molar-refractivity contribution >= 4 is 17.9 Å². The minimum Gasteiger partial charge on any atom is -0.445 e. The van der Waals surface area contributed by atoms with Crippen LogP contribution in [0.1, 0.15) is 25.8 Å². The van der Waals surface area contributed by atoms with Crippen molar-refractivity contribution < 1.29 is 24.2 Å². The van der Waals surface area contributed by atoms with Crippen molar-refractivity contribution in [2.75, 3.05) is 13.2 Å². The molecule has 0 fully saturated rings. The molecule has 3 amide bonds. The summed E-state index contributed by atoms with van der Waals surface area (Å²) in [6.45, 7) is 3.89. The monoisotopic (exact) mass is 392 g/mol. The van der Waals surface area contributed by atoms with E-state index in [4.69, 9.17) is 15.6 Å². The number of nitrogens with one attached hydrogen (secondary N) is 3. The molecule has 1 rings (SSSR count). The number of rotatable bonds is 11. The third-order valence-corrected chi connectivity index (χ3v) is 3.55. The second kappa shape index (κ2) is 12.3. The molecule has 1 aromatic carbocycles.